The maximum atomic E-state index is 0. The van der Waals surface area contributed by atoms with E-state index in [1.807, 2.05) is 0 Å². The van der Waals surface area contributed by atoms with E-state index in [-0.39, 0.29) is 85.4 Å². The van der Waals surface area contributed by atoms with Gasteiger partial charge < -0.3 is 0 Å². The van der Waals surface area contributed by atoms with Gasteiger partial charge in [0.25, 0.3) is 0 Å². The van der Waals surface area contributed by atoms with Crippen LogP contribution in [-0.4, -0.2) is 17.4 Å². The zero-order valence-corrected chi connectivity index (χ0v) is 5.69. The third-order valence-electron chi connectivity index (χ3n) is 0. The van der Waals surface area contributed by atoms with Gasteiger partial charge in [0.2, 0.25) is 0 Å². The van der Waals surface area contributed by atoms with Crippen LogP contribution in [-0.2, 0) is 68.0 Å². The molecule has 0 aromatic carbocycles. The molecule has 41 valence electrons. The average molecular weight is 260 g/mol. The zero-order valence-electron chi connectivity index (χ0n) is 1.38. The van der Waals surface area contributed by atoms with E-state index in [0.717, 1.165) is 0 Å². The Labute approximate surface area is 84.4 Å². The minimum Gasteiger partial charge on any atom is 0 e. The van der Waals surface area contributed by atoms with E-state index in [9.17, 15) is 0 Å². The van der Waals surface area contributed by atoms with Gasteiger partial charge in [0.15, 0.2) is 17.4 Å². The summed E-state index contributed by atoms with van der Waals surface area (Å²) in [6, 6.07) is 0. The zero-order chi connectivity index (χ0) is 0. The molecule has 5 heavy (non-hydrogen) atoms. The van der Waals surface area contributed by atoms with E-state index in [4.69, 9.17) is 0 Å². The van der Waals surface area contributed by atoms with Gasteiger partial charge in [-0.15, -0.1) is 0 Å². The topological polar surface area (TPSA) is 0 Å². The molecule has 0 fully saturated rings. The van der Waals surface area contributed by atoms with Crippen molar-refractivity contribution in [1.82, 2.24) is 0 Å². The van der Waals surface area contributed by atoms with Gasteiger partial charge in [-0.2, -0.15) is 0 Å². The summed E-state index contributed by atoms with van der Waals surface area (Å²) in [6.07, 6.45) is 0. The van der Waals surface area contributed by atoms with Gasteiger partial charge in [0.1, 0.15) is 0 Å². The summed E-state index contributed by atoms with van der Waals surface area (Å²) in [5.41, 5.74) is 0. The molecular weight excluding hydrogens is 257 g/mol. The molecule has 5 heteroatoms. The summed E-state index contributed by atoms with van der Waals surface area (Å²) in [4.78, 5) is 0. The van der Waals surface area contributed by atoms with Crippen LogP contribution in [0.5, 0.6) is 0 Å². The van der Waals surface area contributed by atoms with Crippen molar-refractivity contribution in [2.24, 2.45) is 0 Å². The van der Waals surface area contributed by atoms with E-state index >= 15 is 0 Å². The van der Waals surface area contributed by atoms with Gasteiger partial charge in [0.05, 0.1) is 0 Å². The van der Waals surface area contributed by atoms with Crippen LogP contribution in [0.4, 0.5) is 0 Å². The number of hydrogen-bond acceptors (Lipinski definition) is 0. The van der Waals surface area contributed by atoms with E-state index in [1.165, 1.54) is 0 Å². The Morgan fingerprint density at radius 3 is 1.00 bits per heavy atom. The van der Waals surface area contributed by atoms with Crippen molar-refractivity contribution < 1.29 is 68.0 Å². The first-order chi connectivity index (χ1) is 0. The fourth-order valence-electron chi connectivity index (χ4n) is 0. The van der Waals surface area contributed by atoms with E-state index in [1.54, 1.807) is 0 Å². The van der Waals surface area contributed by atoms with Crippen LogP contribution in [0.1, 0.15) is 0 Å². The van der Waals surface area contributed by atoms with Crippen LogP contribution < -0.4 is 0 Å². The molecule has 0 N–H and O–H groups in total. The van der Waals surface area contributed by atoms with Crippen molar-refractivity contribution in [3.8, 4) is 0 Å². The van der Waals surface area contributed by atoms with Crippen molar-refractivity contribution in [3.63, 3.8) is 0 Å². The Kier molecular flexibility index (Phi) is 300. The molecule has 0 heterocycles. The summed E-state index contributed by atoms with van der Waals surface area (Å²) in [6.45, 7) is 0. The van der Waals surface area contributed by atoms with Gasteiger partial charge in [-0.3, -0.25) is 0 Å². The molecule has 0 saturated carbocycles. The Bertz CT molecular complexity index is 11.6. The van der Waals surface area contributed by atoms with Gasteiger partial charge in [-0.1, -0.05) is 0 Å². The molecule has 0 amide bonds. The van der Waals surface area contributed by atoms with Gasteiger partial charge in [0, 0.05) is 68.0 Å². The predicted molar refractivity (Wildman–Crippen MR) is 9.94 cm³/mol. The van der Waals surface area contributed by atoms with Crippen molar-refractivity contribution in [3.05, 3.63) is 0 Å². The predicted octanol–water partition coefficient (Wildman–Crippen LogP) is -1.19. The molecule has 0 saturated heterocycles. The smallest absolute Gasteiger partial charge is 0 e. The van der Waals surface area contributed by atoms with E-state index in [2.05, 4.69) is 0 Å². The van der Waals surface area contributed by atoms with Crippen LogP contribution >= 0.6 is 0 Å². The third kappa shape index (κ3) is 20.7. The summed E-state index contributed by atoms with van der Waals surface area (Å²) >= 11 is 0. The Morgan fingerprint density at radius 1 is 1.00 bits per heavy atom. The molecule has 0 atom stereocenters. The second-order valence-electron chi connectivity index (χ2n) is 0. The van der Waals surface area contributed by atoms with Crippen LogP contribution in [0.25, 0.3) is 0 Å². The molecule has 0 aromatic heterocycles. The standard InChI is InChI=1S/Al.Cr.Cu.Fe.Ni.3H. The van der Waals surface area contributed by atoms with Crippen molar-refractivity contribution in [2.75, 3.05) is 0 Å². The van der Waals surface area contributed by atoms with Crippen LogP contribution in [0.15, 0.2) is 0 Å². The summed E-state index contributed by atoms with van der Waals surface area (Å²) in [5, 5.41) is 0. The maximum absolute atomic E-state index is 0. The monoisotopic (exact) mass is 259 g/mol. The Morgan fingerprint density at radius 2 is 1.00 bits per heavy atom. The third-order valence-corrected chi connectivity index (χ3v) is 0. The maximum Gasteiger partial charge on any atom is 0.187 e. The molecule has 0 aliphatic rings. The molecule has 0 spiro atoms. The minimum atomic E-state index is 0. The molecule has 0 rings (SSSR count). The molecule has 0 nitrogen and oxygen atoms in total. The molecule has 0 aliphatic heterocycles. The first-order valence-electron chi connectivity index (χ1n) is 0. The largest absolute Gasteiger partial charge is 0.187 e. The Hall–Kier alpha value is 2.60. The first kappa shape index (κ1) is 49.0. The van der Waals surface area contributed by atoms with Gasteiger partial charge in [-0.05, 0) is 0 Å². The summed E-state index contributed by atoms with van der Waals surface area (Å²) in [7, 11) is 0. The molecule has 0 unspecified atom stereocenters. The number of rotatable bonds is 0. The molecule has 0 bridgehead atoms. The second-order valence-corrected chi connectivity index (χ2v) is 0. The van der Waals surface area contributed by atoms with Crippen molar-refractivity contribution in [1.29, 1.82) is 0 Å². The Balaban J connectivity index is 0. The van der Waals surface area contributed by atoms with Gasteiger partial charge in [-0.25, -0.2) is 0 Å². The van der Waals surface area contributed by atoms with E-state index in [0.29, 0.717) is 0 Å². The quantitative estimate of drug-likeness (QED) is 0.480. The van der Waals surface area contributed by atoms with E-state index < -0.39 is 0 Å². The molecule has 0 aromatic rings. The molecule has 1 radical (unpaired) electrons. The van der Waals surface area contributed by atoms with Crippen LogP contribution in [0, 0.1) is 0 Å². The second kappa shape index (κ2) is 30.6. The minimum absolute atomic E-state index is 0. The summed E-state index contributed by atoms with van der Waals surface area (Å²) in [5.74, 6) is 0. The van der Waals surface area contributed by atoms with Crippen LogP contribution in [0.3, 0.4) is 0 Å². The van der Waals surface area contributed by atoms with Crippen LogP contribution in [0.2, 0.25) is 0 Å². The van der Waals surface area contributed by atoms with Crippen molar-refractivity contribution >= 4 is 17.4 Å². The summed E-state index contributed by atoms with van der Waals surface area (Å²) < 4.78 is 0. The van der Waals surface area contributed by atoms with Gasteiger partial charge >= 0.3 is 0 Å². The normalized spacial score (nSPS) is 0. The average Bonchev–Trinajstić information content (AvgIpc) is 0. The first-order valence-corrected chi connectivity index (χ1v) is 0. The fraction of sp³-hybridized carbons (Fsp3) is 0. The van der Waals surface area contributed by atoms with Crippen molar-refractivity contribution in [2.45, 2.75) is 0 Å². The SMILES string of the molecule is [AlH3].[Cr].[Cu].[Fe].[Ni]. The number of hydrogen-bond donors (Lipinski definition) is 0. The fourth-order valence-corrected chi connectivity index (χ4v) is 0. The molecular formula is H3AlCrCuFeNi. The molecule has 0 aliphatic carbocycles.